The van der Waals surface area contributed by atoms with Crippen molar-refractivity contribution in [2.75, 3.05) is 19.7 Å². The smallest absolute Gasteiger partial charge is 0.416 e. The summed E-state index contributed by atoms with van der Waals surface area (Å²) in [4.78, 5) is 23.8. The van der Waals surface area contributed by atoms with Gasteiger partial charge in [-0.15, -0.1) is 0 Å². The van der Waals surface area contributed by atoms with E-state index in [2.05, 4.69) is 15.7 Å². The Morgan fingerprint density at radius 1 is 1.24 bits per heavy atom. The third-order valence-electron chi connectivity index (χ3n) is 4.39. The van der Waals surface area contributed by atoms with Crippen molar-refractivity contribution in [2.45, 2.75) is 31.9 Å². The highest BCUT2D eigenvalue weighted by Gasteiger charge is 2.34. The first-order valence-corrected chi connectivity index (χ1v) is 9.25. The summed E-state index contributed by atoms with van der Waals surface area (Å²) in [7, 11) is 0. The van der Waals surface area contributed by atoms with Crippen LogP contribution < -0.4 is 10.6 Å². The summed E-state index contributed by atoms with van der Waals surface area (Å²) in [6.45, 7) is 2.29. The lowest BCUT2D eigenvalue weighted by atomic mass is 10.1. The number of carbonyl (C=O) groups is 2. The monoisotopic (exact) mass is 410 g/mol. The summed E-state index contributed by atoms with van der Waals surface area (Å²) in [6, 6.07) is 4.86. The molecule has 1 heterocycles. The SMILES string of the molecule is CCOC(=O)NCCNC(=O)c1cnn(-c2cccc(C(F)(F)F)c2)c1C1CC1. The highest BCUT2D eigenvalue weighted by atomic mass is 19.4. The van der Waals surface area contributed by atoms with Gasteiger partial charge in [0.1, 0.15) is 0 Å². The molecule has 0 saturated heterocycles. The Labute approximate surface area is 165 Å². The van der Waals surface area contributed by atoms with Crippen molar-refractivity contribution in [1.82, 2.24) is 20.4 Å². The average molecular weight is 410 g/mol. The second kappa shape index (κ2) is 8.54. The first-order chi connectivity index (χ1) is 13.8. The summed E-state index contributed by atoms with van der Waals surface area (Å²) in [6.07, 6.45) is -1.99. The van der Waals surface area contributed by atoms with E-state index in [9.17, 15) is 22.8 Å². The van der Waals surface area contributed by atoms with Crippen LogP contribution in [0.5, 0.6) is 0 Å². The van der Waals surface area contributed by atoms with E-state index >= 15 is 0 Å². The lowest BCUT2D eigenvalue weighted by molar-refractivity contribution is -0.137. The number of carbonyl (C=O) groups excluding carboxylic acids is 2. The number of aromatic nitrogens is 2. The van der Waals surface area contributed by atoms with Crippen molar-refractivity contribution in [3.05, 3.63) is 47.3 Å². The number of rotatable bonds is 7. The zero-order chi connectivity index (χ0) is 21.0. The average Bonchev–Trinajstić information content (AvgIpc) is 3.42. The molecule has 2 N–H and O–H groups in total. The van der Waals surface area contributed by atoms with Crippen LogP contribution in [-0.2, 0) is 10.9 Å². The van der Waals surface area contributed by atoms with Crippen LogP contribution in [0.4, 0.5) is 18.0 Å². The first kappa shape index (κ1) is 20.7. The standard InChI is InChI=1S/C19H21F3N4O3/c1-2-29-18(28)24-9-8-23-17(27)15-11-25-26(16(15)12-6-7-12)14-5-3-4-13(10-14)19(20,21)22/h3-5,10-12H,2,6-9H2,1H3,(H,23,27)(H,24,28). The van der Waals surface area contributed by atoms with E-state index < -0.39 is 23.7 Å². The number of hydrogen-bond acceptors (Lipinski definition) is 4. The number of benzene rings is 1. The number of nitrogens with zero attached hydrogens (tertiary/aromatic N) is 2. The van der Waals surface area contributed by atoms with Crippen molar-refractivity contribution in [2.24, 2.45) is 0 Å². The van der Waals surface area contributed by atoms with Gasteiger partial charge in [0, 0.05) is 19.0 Å². The van der Waals surface area contributed by atoms with Crippen LogP contribution in [0, 0.1) is 0 Å². The van der Waals surface area contributed by atoms with Crippen LogP contribution in [0.15, 0.2) is 30.5 Å². The second-order valence-electron chi connectivity index (χ2n) is 6.58. The van der Waals surface area contributed by atoms with Gasteiger partial charge in [-0.3, -0.25) is 4.79 Å². The fourth-order valence-corrected chi connectivity index (χ4v) is 2.92. The minimum Gasteiger partial charge on any atom is -0.450 e. The molecule has 0 atom stereocenters. The molecule has 0 aliphatic heterocycles. The van der Waals surface area contributed by atoms with Crippen LogP contribution in [-0.4, -0.2) is 41.5 Å². The van der Waals surface area contributed by atoms with Gasteiger partial charge in [0.25, 0.3) is 5.91 Å². The summed E-state index contributed by atoms with van der Waals surface area (Å²) >= 11 is 0. The topological polar surface area (TPSA) is 85.2 Å². The van der Waals surface area contributed by atoms with E-state index in [0.29, 0.717) is 11.3 Å². The highest BCUT2D eigenvalue weighted by molar-refractivity contribution is 5.95. The van der Waals surface area contributed by atoms with E-state index in [-0.39, 0.29) is 31.3 Å². The molecule has 29 heavy (non-hydrogen) atoms. The fraction of sp³-hybridized carbons (Fsp3) is 0.421. The van der Waals surface area contributed by atoms with Crippen molar-refractivity contribution in [1.29, 1.82) is 0 Å². The molecule has 3 rings (SSSR count). The molecule has 7 nitrogen and oxygen atoms in total. The van der Waals surface area contributed by atoms with Crippen LogP contribution in [0.2, 0.25) is 0 Å². The van der Waals surface area contributed by atoms with Crippen molar-refractivity contribution in [3.8, 4) is 5.69 Å². The lowest BCUT2D eigenvalue weighted by Gasteiger charge is -2.12. The van der Waals surface area contributed by atoms with Crippen molar-refractivity contribution >= 4 is 12.0 Å². The zero-order valence-corrected chi connectivity index (χ0v) is 15.8. The molecular weight excluding hydrogens is 389 g/mol. The molecule has 156 valence electrons. The first-order valence-electron chi connectivity index (χ1n) is 9.25. The number of alkyl halides is 3. The van der Waals surface area contributed by atoms with Gasteiger partial charge < -0.3 is 15.4 Å². The molecule has 0 bridgehead atoms. The van der Waals surface area contributed by atoms with Gasteiger partial charge in [0.05, 0.1) is 35.3 Å². The molecule has 1 aliphatic rings. The zero-order valence-electron chi connectivity index (χ0n) is 15.8. The van der Waals surface area contributed by atoms with E-state index in [1.54, 1.807) is 6.92 Å². The van der Waals surface area contributed by atoms with Gasteiger partial charge in [0.15, 0.2) is 0 Å². The van der Waals surface area contributed by atoms with E-state index in [0.717, 1.165) is 25.0 Å². The molecule has 2 aromatic rings. The molecule has 1 saturated carbocycles. The number of halogens is 3. The Morgan fingerprint density at radius 2 is 1.97 bits per heavy atom. The highest BCUT2D eigenvalue weighted by Crippen LogP contribution is 2.42. The molecule has 10 heteroatoms. The van der Waals surface area contributed by atoms with Gasteiger partial charge in [-0.1, -0.05) is 6.07 Å². The molecule has 2 amide bonds. The quantitative estimate of drug-likeness (QED) is 0.687. The number of alkyl carbamates (subject to hydrolysis) is 1. The molecule has 1 aliphatic carbocycles. The Bertz CT molecular complexity index is 891. The number of ether oxygens (including phenoxy) is 1. The Kier molecular flexibility index (Phi) is 6.09. The van der Waals surface area contributed by atoms with Gasteiger partial charge in [-0.05, 0) is 38.0 Å². The minimum atomic E-state index is -4.46. The maximum atomic E-state index is 13.0. The van der Waals surface area contributed by atoms with Crippen LogP contribution in [0.3, 0.4) is 0 Å². The Hall–Kier alpha value is -3.04. The van der Waals surface area contributed by atoms with Gasteiger partial charge in [-0.2, -0.15) is 18.3 Å². The van der Waals surface area contributed by atoms with E-state index in [4.69, 9.17) is 4.74 Å². The van der Waals surface area contributed by atoms with Gasteiger partial charge in [0.2, 0.25) is 0 Å². The molecule has 1 fully saturated rings. The molecule has 0 spiro atoms. The van der Waals surface area contributed by atoms with Crippen molar-refractivity contribution < 1.29 is 27.5 Å². The van der Waals surface area contributed by atoms with Gasteiger partial charge in [-0.25, -0.2) is 9.48 Å². The molecule has 0 unspecified atom stereocenters. The predicted molar refractivity (Wildman–Crippen MR) is 97.9 cm³/mol. The Morgan fingerprint density at radius 3 is 2.62 bits per heavy atom. The summed E-state index contributed by atoms with van der Waals surface area (Å²) < 4.78 is 45.2. The largest absolute Gasteiger partial charge is 0.450 e. The summed E-state index contributed by atoms with van der Waals surface area (Å²) in [5.41, 5.74) is 0.397. The van der Waals surface area contributed by atoms with E-state index in [1.807, 2.05) is 0 Å². The second-order valence-corrected chi connectivity index (χ2v) is 6.58. The summed E-state index contributed by atoms with van der Waals surface area (Å²) in [5.74, 6) is -0.318. The van der Waals surface area contributed by atoms with Crippen LogP contribution in [0.1, 0.15) is 47.3 Å². The van der Waals surface area contributed by atoms with E-state index in [1.165, 1.54) is 23.0 Å². The van der Waals surface area contributed by atoms with Crippen LogP contribution in [0.25, 0.3) is 5.69 Å². The number of hydrogen-bond donors (Lipinski definition) is 2. The molecule has 1 aromatic heterocycles. The Balaban J connectivity index is 1.74. The predicted octanol–water partition coefficient (Wildman–Crippen LogP) is 3.24. The summed E-state index contributed by atoms with van der Waals surface area (Å²) in [5, 5.41) is 9.34. The maximum Gasteiger partial charge on any atom is 0.416 e. The maximum absolute atomic E-state index is 13.0. The van der Waals surface area contributed by atoms with Crippen molar-refractivity contribution in [3.63, 3.8) is 0 Å². The number of amides is 2. The van der Waals surface area contributed by atoms with Crippen LogP contribution >= 0.6 is 0 Å². The molecule has 0 radical (unpaired) electrons. The third kappa shape index (κ3) is 5.07. The minimum absolute atomic E-state index is 0.0745. The third-order valence-corrected chi connectivity index (χ3v) is 4.39. The fourth-order valence-electron chi connectivity index (χ4n) is 2.92. The van der Waals surface area contributed by atoms with Gasteiger partial charge >= 0.3 is 12.3 Å². The molecule has 1 aromatic carbocycles. The number of nitrogens with one attached hydrogen (secondary N) is 2. The molecular formula is C19H21F3N4O3. The lowest BCUT2D eigenvalue weighted by Crippen LogP contribution is -2.35. The normalized spacial score (nSPS) is 13.8.